The van der Waals surface area contributed by atoms with E-state index in [1.165, 1.54) is 101 Å². The van der Waals surface area contributed by atoms with Gasteiger partial charge < -0.3 is 4.57 Å². The average molecular weight is 866 g/mol. The smallest absolute Gasteiger partial charge is 0.114 e. The first-order valence-electron chi connectivity index (χ1n) is 24.6. The fourth-order valence-electron chi connectivity index (χ4n) is 12.5. The number of allylic oxidation sites excluding steroid dienone is 12. The standard InChI is InChI=1S/C61H59N3S/c1-5-13-43-16-11-18-49-52-34-44(27-30-57(52)65-60(43)49)41-21-23-42(24-22-41)50-35-51-48-17-9-10-20-55(48)64(56(51)33-39(50)3)58-36-61(4)31-12-19-53(61)59(63-58)47-28-25-45(32-38(47)2)54-29-26-46(37-62-54)40-14-7-6-8-15-40/h6-8,10-12,14-16,18-20,23,26-30,34-35,37-39,41,45,52,57H,5,9,13,17,21,25,31-33,36H2,1-4H3. The van der Waals surface area contributed by atoms with Crippen LogP contribution in [0.2, 0.25) is 0 Å². The Labute approximate surface area is 390 Å². The molecule has 0 spiro atoms. The van der Waals surface area contributed by atoms with Gasteiger partial charge in [0.2, 0.25) is 0 Å². The highest BCUT2D eigenvalue weighted by Crippen LogP contribution is 2.53. The normalized spacial score (nSPS) is 28.2. The molecule has 3 nitrogen and oxygen atoms in total. The lowest BCUT2D eigenvalue weighted by atomic mass is 9.73. The third kappa shape index (κ3) is 7.04. The van der Waals surface area contributed by atoms with Gasteiger partial charge in [0.1, 0.15) is 5.84 Å². The lowest BCUT2D eigenvalue weighted by Gasteiger charge is -2.37. The van der Waals surface area contributed by atoms with Crippen LogP contribution in [0.25, 0.3) is 23.3 Å². The molecule has 4 heterocycles. The Balaban J connectivity index is 0.838. The summed E-state index contributed by atoms with van der Waals surface area (Å²) in [5, 5.41) is 0.500. The number of thioether (sulfide) groups is 1. The Morgan fingerprint density at radius 3 is 2.63 bits per heavy atom. The summed E-state index contributed by atoms with van der Waals surface area (Å²) in [4.78, 5) is 12.3. The fraction of sp³-hybridized carbons (Fsp3) is 0.344. The number of fused-ring (bicyclic) bond motifs is 7. The summed E-state index contributed by atoms with van der Waals surface area (Å²) in [5.41, 5.74) is 20.5. The summed E-state index contributed by atoms with van der Waals surface area (Å²) < 4.78 is 2.62. The molecule has 4 heteroatoms. The minimum atomic E-state index is 0.0310. The van der Waals surface area contributed by atoms with Crippen molar-refractivity contribution in [2.75, 3.05) is 0 Å². The van der Waals surface area contributed by atoms with E-state index in [0.29, 0.717) is 28.9 Å². The molecule has 0 fully saturated rings. The van der Waals surface area contributed by atoms with Gasteiger partial charge in [0.15, 0.2) is 0 Å². The molecular weight excluding hydrogens is 807 g/mol. The van der Waals surface area contributed by atoms with Crippen molar-refractivity contribution < 1.29 is 0 Å². The van der Waals surface area contributed by atoms with Gasteiger partial charge >= 0.3 is 0 Å². The number of rotatable bonds is 7. The predicted molar refractivity (Wildman–Crippen MR) is 272 cm³/mol. The van der Waals surface area contributed by atoms with Crippen molar-refractivity contribution >= 4 is 29.7 Å². The van der Waals surface area contributed by atoms with Crippen LogP contribution < -0.4 is 0 Å². The van der Waals surface area contributed by atoms with E-state index in [0.717, 1.165) is 57.8 Å². The highest BCUT2D eigenvalue weighted by atomic mass is 32.2. The summed E-state index contributed by atoms with van der Waals surface area (Å²) in [5.74, 6) is 10.6. The Kier molecular flexibility index (Phi) is 10.3. The van der Waals surface area contributed by atoms with Crippen molar-refractivity contribution in [3.63, 3.8) is 0 Å². The molecule has 0 N–H and O–H groups in total. The zero-order valence-corrected chi connectivity index (χ0v) is 39.2. The van der Waals surface area contributed by atoms with Gasteiger partial charge in [0, 0.05) is 68.5 Å². The maximum atomic E-state index is 5.80. The van der Waals surface area contributed by atoms with Crippen LogP contribution in [-0.4, -0.2) is 20.6 Å². The van der Waals surface area contributed by atoms with Crippen LogP contribution in [0.5, 0.6) is 0 Å². The van der Waals surface area contributed by atoms with E-state index in [-0.39, 0.29) is 11.3 Å². The molecular formula is C61H59N3S. The first kappa shape index (κ1) is 40.8. The number of benzene rings is 2. The lowest BCUT2D eigenvalue weighted by molar-refractivity contribution is 0.427. The summed E-state index contributed by atoms with van der Waals surface area (Å²) in [6, 6.07) is 22.1. The highest BCUT2D eigenvalue weighted by molar-refractivity contribution is 8.00. The molecule has 0 saturated carbocycles. The van der Waals surface area contributed by atoms with Gasteiger partial charge in [-0.25, -0.2) is 4.99 Å². The molecule has 0 saturated heterocycles. The van der Waals surface area contributed by atoms with Crippen molar-refractivity contribution in [2.45, 2.75) is 114 Å². The van der Waals surface area contributed by atoms with Crippen LogP contribution in [0.15, 0.2) is 159 Å². The summed E-state index contributed by atoms with van der Waals surface area (Å²) in [6.07, 6.45) is 37.1. The van der Waals surface area contributed by atoms with E-state index in [9.17, 15) is 0 Å². The number of nitrogens with zero attached hydrogens (tertiary/aromatic N) is 3. The van der Waals surface area contributed by atoms with Crippen molar-refractivity contribution in [1.82, 2.24) is 9.55 Å². The van der Waals surface area contributed by atoms with Crippen molar-refractivity contribution in [1.29, 1.82) is 0 Å². The van der Waals surface area contributed by atoms with Gasteiger partial charge in [-0.15, -0.1) is 11.8 Å². The van der Waals surface area contributed by atoms with Crippen LogP contribution in [0.1, 0.15) is 124 Å². The Bertz CT molecular complexity index is 2980. The van der Waals surface area contributed by atoms with Crippen molar-refractivity contribution in [3.8, 4) is 23.0 Å². The van der Waals surface area contributed by atoms with Crippen LogP contribution in [0, 0.1) is 35.0 Å². The van der Waals surface area contributed by atoms with E-state index in [1.54, 1.807) is 0 Å². The number of hydrogen-bond donors (Lipinski definition) is 0. The van der Waals surface area contributed by atoms with Crippen LogP contribution in [0.4, 0.5) is 0 Å². The molecule has 0 bridgehead atoms. The molecule has 2 aromatic carbocycles. The van der Waals surface area contributed by atoms with Gasteiger partial charge in [-0.2, -0.15) is 0 Å². The molecule has 2 aromatic heterocycles. The predicted octanol–water partition coefficient (Wildman–Crippen LogP) is 14.8. The largest absolute Gasteiger partial charge is 0.301 e. The SMILES string of the molecule is CCCc1cccc2c1SC1C=CC(C3C#CC(C4=Cc5c6c(n(C7=NC(C8=CCC(c9ccc(-c%10ccccc%10)cn9)CC8C)=C8C=CCC8(C)C7)c5CC4C)C=CCC6)=CC3)=CC21. The Morgan fingerprint density at radius 2 is 1.82 bits per heavy atom. The molecule has 0 radical (unpaired) electrons. The maximum Gasteiger partial charge on any atom is 0.114 e. The average Bonchev–Trinajstić information content (AvgIpc) is 4.02. The van der Waals surface area contributed by atoms with Crippen LogP contribution in [-0.2, 0) is 19.3 Å². The second kappa shape index (κ2) is 16.4. The lowest BCUT2D eigenvalue weighted by Crippen LogP contribution is -2.32. The van der Waals surface area contributed by atoms with E-state index >= 15 is 0 Å². The van der Waals surface area contributed by atoms with E-state index < -0.39 is 0 Å². The molecule has 324 valence electrons. The van der Waals surface area contributed by atoms with Crippen molar-refractivity contribution in [3.05, 3.63) is 188 Å². The van der Waals surface area contributed by atoms with Crippen molar-refractivity contribution in [2.24, 2.45) is 28.2 Å². The summed E-state index contributed by atoms with van der Waals surface area (Å²) in [7, 11) is 0. The monoisotopic (exact) mass is 865 g/mol. The fourth-order valence-corrected chi connectivity index (χ4v) is 13.9. The highest BCUT2D eigenvalue weighted by Gasteiger charge is 2.42. The zero-order valence-electron chi connectivity index (χ0n) is 38.4. The number of aliphatic imine (C=N–C) groups is 1. The van der Waals surface area contributed by atoms with E-state index in [1.807, 2.05) is 0 Å². The molecule has 12 rings (SSSR count). The third-order valence-electron chi connectivity index (χ3n) is 15.9. The zero-order chi connectivity index (χ0) is 43.8. The second-order valence-electron chi connectivity index (χ2n) is 20.3. The first-order chi connectivity index (χ1) is 31.8. The second-order valence-corrected chi connectivity index (χ2v) is 21.5. The third-order valence-corrected chi connectivity index (χ3v) is 17.4. The summed E-state index contributed by atoms with van der Waals surface area (Å²) in [6.45, 7) is 9.61. The minimum absolute atomic E-state index is 0.0310. The van der Waals surface area contributed by atoms with Gasteiger partial charge in [-0.1, -0.05) is 149 Å². The molecule has 7 unspecified atom stereocenters. The maximum absolute atomic E-state index is 5.80. The van der Waals surface area contributed by atoms with Gasteiger partial charge in [-0.3, -0.25) is 4.98 Å². The number of aryl methyl sites for hydroxylation is 1. The topological polar surface area (TPSA) is 30.2 Å². The number of aromatic nitrogens is 2. The molecule has 6 aliphatic carbocycles. The van der Waals surface area contributed by atoms with Gasteiger partial charge in [-0.05, 0) is 132 Å². The Hall–Kier alpha value is -5.63. The Morgan fingerprint density at radius 1 is 0.908 bits per heavy atom. The molecule has 7 atom stereocenters. The van der Waals surface area contributed by atoms with Gasteiger partial charge in [0.25, 0.3) is 0 Å². The van der Waals surface area contributed by atoms with E-state index in [2.05, 4.69) is 183 Å². The molecule has 8 aliphatic rings. The summed E-state index contributed by atoms with van der Waals surface area (Å²) >= 11 is 2.07. The van der Waals surface area contributed by atoms with Crippen LogP contribution >= 0.6 is 11.8 Å². The number of pyridine rings is 1. The van der Waals surface area contributed by atoms with Gasteiger partial charge in [0.05, 0.1) is 11.4 Å². The molecule has 4 aromatic rings. The molecule has 0 amide bonds. The van der Waals surface area contributed by atoms with Crippen LogP contribution in [0.3, 0.4) is 0 Å². The number of hydrogen-bond acceptors (Lipinski definition) is 3. The molecule has 65 heavy (non-hydrogen) atoms. The quantitative estimate of drug-likeness (QED) is 0.173. The minimum Gasteiger partial charge on any atom is -0.301 e. The molecule has 2 aliphatic heterocycles. The van der Waals surface area contributed by atoms with E-state index in [4.69, 9.17) is 9.98 Å². The first-order valence-corrected chi connectivity index (χ1v) is 25.5.